The third kappa shape index (κ3) is 5.28. The molecular formula is C16H13BrCl3NO2. The van der Waals surface area contributed by atoms with Gasteiger partial charge in [-0.25, -0.2) is 0 Å². The number of halogens is 4. The van der Waals surface area contributed by atoms with Crippen molar-refractivity contribution in [1.29, 1.82) is 0 Å². The van der Waals surface area contributed by atoms with Crippen molar-refractivity contribution in [3.8, 4) is 5.75 Å². The van der Waals surface area contributed by atoms with Crippen LogP contribution in [-0.2, 0) is 0 Å². The predicted octanol–water partition coefficient (Wildman–Crippen LogP) is 5.26. The Hall–Kier alpha value is -0.940. The van der Waals surface area contributed by atoms with Crippen molar-refractivity contribution in [1.82, 2.24) is 5.32 Å². The van der Waals surface area contributed by atoms with Crippen LogP contribution in [0.2, 0.25) is 0 Å². The zero-order valence-electron chi connectivity index (χ0n) is 12.0. The number of hydrogen-bond donors (Lipinski definition) is 1. The van der Waals surface area contributed by atoms with Crippen LogP contribution in [0.3, 0.4) is 0 Å². The number of rotatable bonds is 4. The van der Waals surface area contributed by atoms with E-state index in [9.17, 15) is 4.79 Å². The molecule has 1 amide bonds. The fraction of sp³-hybridized carbons (Fsp3) is 0.188. The molecule has 7 heteroatoms. The first-order chi connectivity index (χ1) is 10.8. The van der Waals surface area contributed by atoms with Crippen LogP contribution in [0.15, 0.2) is 53.0 Å². The minimum Gasteiger partial charge on any atom is -0.466 e. The molecule has 0 heterocycles. The van der Waals surface area contributed by atoms with Crippen LogP contribution in [0, 0.1) is 6.92 Å². The maximum atomic E-state index is 12.4. The summed E-state index contributed by atoms with van der Waals surface area (Å²) < 4.78 is 4.68. The Morgan fingerprint density at radius 1 is 1.13 bits per heavy atom. The SMILES string of the molecule is Cc1ccccc1C(=O)N[C@H](Oc1ccc(Br)cc1)C(Cl)(Cl)Cl. The number of hydrogen-bond acceptors (Lipinski definition) is 2. The first-order valence-electron chi connectivity index (χ1n) is 6.63. The second-order valence-corrected chi connectivity index (χ2v) is 8.07. The highest BCUT2D eigenvalue weighted by atomic mass is 79.9. The average Bonchev–Trinajstić information content (AvgIpc) is 2.48. The average molecular weight is 438 g/mol. The second kappa shape index (κ2) is 7.75. The van der Waals surface area contributed by atoms with Gasteiger partial charge < -0.3 is 10.1 Å². The standard InChI is InChI=1S/C16H13BrCl3NO2/c1-10-4-2-3-5-13(10)14(22)21-15(16(18,19)20)23-12-8-6-11(17)7-9-12/h2-9,15H,1H3,(H,21,22)/t15-/m1/s1. The van der Waals surface area contributed by atoms with Gasteiger partial charge in [0.25, 0.3) is 5.91 Å². The summed E-state index contributed by atoms with van der Waals surface area (Å²) in [6.45, 7) is 1.83. The van der Waals surface area contributed by atoms with E-state index in [0.29, 0.717) is 11.3 Å². The quantitative estimate of drug-likeness (QED) is 0.523. The lowest BCUT2D eigenvalue weighted by Crippen LogP contribution is -2.48. The lowest BCUT2D eigenvalue weighted by Gasteiger charge is -2.26. The van der Waals surface area contributed by atoms with Gasteiger partial charge in [-0.15, -0.1) is 0 Å². The highest BCUT2D eigenvalue weighted by Crippen LogP contribution is 2.32. The predicted molar refractivity (Wildman–Crippen MR) is 97.5 cm³/mol. The lowest BCUT2D eigenvalue weighted by molar-refractivity contribution is 0.0832. The molecule has 1 atom stereocenters. The number of carbonyl (C=O) groups is 1. The van der Waals surface area contributed by atoms with Crippen LogP contribution in [0.5, 0.6) is 5.75 Å². The smallest absolute Gasteiger partial charge is 0.254 e. The van der Waals surface area contributed by atoms with E-state index < -0.39 is 10.0 Å². The van der Waals surface area contributed by atoms with E-state index in [1.165, 1.54) is 0 Å². The molecule has 0 bridgehead atoms. The van der Waals surface area contributed by atoms with Gasteiger partial charge in [0, 0.05) is 10.0 Å². The monoisotopic (exact) mass is 435 g/mol. The molecule has 0 fully saturated rings. The molecule has 0 unspecified atom stereocenters. The number of amides is 1. The summed E-state index contributed by atoms with van der Waals surface area (Å²) in [5.74, 6) is 0.0890. The molecule has 0 aliphatic rings. The Kier molecular flexibility index (Phi) is 6.20. The minimum absolute atomic E-state index is 0.378. The molecule has 0 radical (unpaired) electrons. The first-order valence-corrected chi connectivity index (χ1v) is 8.55. The van der Waals surface area contributed by atoms with Crippen LogP contribution in [0.25, 0.3) is 0 Å². The van der Waals surface area contributed by atoms with Crippen molar-refractivity contribution in [2.75, 3.05) is 0 Å². The molecule has 0 spiro atoms. The number of alkyl halides is 3. The van der Waals surface area contributed by atoms with Crippen molar-refractivity contribution in [3.63, 3.8) is 0 Å². The molecule has 2 rings (SSSR count). The third-order valence-electron chi connectivity index (χ3n) is 3.02. The molecule has 0 aliphatic heterocycles. The van der Waals surface area contributed by atoms with Crippen LogP contribution in [0.4, 0.5) is 0 Å². The van der Waals surface area contributed by atoms with Gasteiger partial charge in [-0.2, -0.15) is 0 Å². The Bertz CT molecular complexity index is 686. The lowest BCUT2D eigenvalue weighted by atomic mass is 10.1. The van der Waals surface area contributed by atoms with E-state index in [0.717, 1.165) is 10.0 Å². The van der Waals surface area contributed by atoms with E-state index in [2.05, 4.69) is 21.2 Å². The van der Waals surface area contributed by atoms with E-state index in [4.69, 9.17) is 39.5 Å². The third-order valence-corrected chi connectivity index (χ3v) is 4.14. The highest BCUT2D eigenvalue weighted by Gasteiger charge is 2.36. The van der Waals surface area contributed by atoms with E-state index in [-0.39, 0.29) is 5.91 Å². The molecule has 3 nitrogen and oxygen atoms in total. The van der Waals surface area contributed by atoms with Gasteiger partial charge in [0.15, 0.2) is 0 Å². The van der Waals surface area contributed by atoms with Gasteiger partial charge in [-0.1, -0.05) is 68.9 Å². The zero-order chi connectivity index (χ0) is 17.0. The number of benzene rings is 2. The van der Waals surface area contributed by atoms with Crippen molar-refractivity contribution >= 4 is 56.6 Å². The normalized spacial score (nSPS) is 12.6. The Balaban J connectivity index is 2.18. The summed E-state index contributed by atoms with van der Waals surface area (Å²) in [6, 6.07) is 14.1. The Labute approximate surface area is 158 Å². The first kappa shape index (κ1) is 18.4. The van der Waals surface area contributed by atoms with Gasteiger partial charge in [-0.05, 0) is 42.8 Å². The minimum atomic E-state index is -1.83. The molecule has 0 saturated carbocycles. The maximum absolute atomic E-state index is 12.4. The number of aryl methyl sites for hydroxylation is 1. The van der Waals surface area contributed by atoms with E-state index in [1.807, 2.05) is 19.1 Å². The summed E-state index contributed by atoms with van der Waals surface area (Å²) >= 11 is 21.1. The fourth-order valence-corrected chi connectivity index (χ4v) is 2.41. The van der Waals surface area contributed by atoms with Crippen LogP contribution in [0.1, 0.15) is 15.9 Å². The van der Waals surface area contributed by atoms with Crippen molar-refractivity contribution in [2.24, 2.45) is 0 Å². The number of carbonyl (C=O) groups excluding carboxylic acids is 1. The topological polar surface area (TPSA) is 38.3 Å². The van der Waals surface area contributed by atoms with Crippen molar-refractivity contribution < 1.29 is 9.53 Å². The van der Waals surface area contributed by atoms with Gasteiger partial charge in [0.2, 0.25) is 10.0 Å². The summed E-state index contributed by atoms with van der Waals surface area (Å²) in [4.78, 5) is 12.4. The van der Waals surface area contributed by atoms with Crippen molar-refractivity contribution in [3.05, 3.63) is 64.1 Å². The zero-order valence-corrected chi connectivity index (χ0v) is 15.9. The van der Waals surface area contributed by atoms with Crippen LogP contribution < -0.4 is 10.1 Å². The summed E-state index contributed by atoms with van der Waals surface area (Å²) in [5, 5.41) is 2.61. The second-order valence-electron chi connectivity index (χ2n) is 4.78. The van der Waals surface area contributed by atoms with Gasteiger partial charge >= 0.3 is 0 Å². The molecule has 2 aromatic rings. The molecular weight excluding hydrogens is 424 g/mol. The largest absolute Gasteiger partial charge is 0.466 e. The molecule has 1 N–H and O–H groups in total. The molecule has 2 aromatic carbocycles. The highest BCUT2D eigenvalue weighted by molar-refractivity contribution is 9.10. The molecule has 122 valence electrons. The summed E-state index contributed by atoms with van der Waals surface area (Å²) in [7, 11) is 0. The van der Waals surface area contributed by atoms with Crippen molar-refractivity contribution in [2.45, 2.75) is 16.9 Å². The van der Waals surface area contributed by atoms with Gasteiger partial charge in [-0.3, -0.25) is 4.79 Å². The summed E-state index contributed by atoms with van der Waals surface area (Å²) in [6.07, 6.45) is -1.14. The molecule has 0 aliphatic carbocycles. The maximum Gasteiger partial charge on any atom is 0.254 e. The Morgan fingerprint density at radius 3 is 2.30 bits per heavy atom. The number of ether oxygens (including phenoxy) is 1. The van der Waals surface area contributed by atoms with Crippen LogP contribution >= 0.6 is 50.7 Å². The van der Waals surface area contributed by atoms with Gasteiger partial charge in [0.05, 0.1) is 0 Å². The van der Waals surface area contributed by atoms with Crippen LogP contribution in [-0.4, -0.2) is 15.9 Å². The fourth-order valence-electron chi connectivity index (χ4n) is 1.85. The molecule has 0 aromatic heterocycles. The van der Waals surface area contributed by atoms with E-state index >= 15 is 0 Å². The van der Waals surface area contributed by atoms with E-state index in [1.54, 1.807) is 36.4 Å². The number of nitrogens with one attached hydrogen (secondary N) is 1. The van der Waals surface area contributed by atoms with Gasteiger partial charge in [0.1, 0.15) is 5.75 Å². The Morgan fingerprint density at radius 2 is 1.74 bits per heavy atom. The molecule has 0 saturated heterocycles. The summed E-state index contributed by atoms with van der Waals surface area (Å²) in [5.41, 5.74) is 1.31. The molecule has 23 heavy (non-hydrogen) atoms.